The molecule has 0 spiro atoms. The molecule has 1 aliphatic heterocycles. The van der Waals surface area contributed by atoms with Gasteiger partial charge in [-0.1, -0.05) is 13.8 Å². The smallest absolute Gasteiger partial charge is 0.0590 e. The number of hydrogen-bond acceptors (Lipinski definition) is 4. The predicted molar refractivity (Wildman–Crippen MR) is 78.1 cm³/mol. The van der Waals surface area contributed by atoms with Crippen LogP contribution in [0.15, 0.2) is 18.3 Å². The van der Waals surface area contributed by atoms with Gasteiger partial charge in [-0.3, -0.25) is 9.88 Å². The van der Waals surface area contributed by atoms with Crippen LogP contribution in [0.5, 0.6) is 0 Å². The summed E-state index contributed by atoms with van der Waals surface area (Å²) in [6.45, 7) is 8.06. The maximum atomic E-state index is 9.75. The van der Waals surface area contributed by atoms with Crippen molar-refractivity contribution >= 4 is 5.69 Å². The van der Waals surface area contributed by atoms with E-state index in [2.05, 4.69) is 35.1 Å². The minimum absolute atomic E-state index is 0.137. The zero-order chi connectivity index (χ0) is 13.7. The van der Waals surface area contributed by atoms with Crippen LogP contribution in [0, 0.1) is 5.92 Å². The number of piperidine rings is 1. The Morgan fingerprint density at radius 1 is 1.53 bits per heavy atom. The molecule has 4 heteroatoms. The van der Waals surface area contributed by atoms with Crippen molar-refractivity contribution in [1.29, 1.82) is 0 Å². The summed E-state index contributed by atoms with van der Waals surface area (Å²) in [5, 5.41) is 13.1. The molecule has 1 aliphatic rings. The summed E-state index contributed by atoms with van der Waals surface area (Å²) >= 11 is 0. The van der Waals surface area contributed by atoms with E-state index in [1.54, 1.807) is 0 Å². The molecule has 0 amide bonds. The molecule has 0 aromatic carbocycles. The Morgan fingerprint density at radius 3 is 3.11 bits per heavy atom. The Bertz CT molecular complexity index is 397. The normalized spacial score (nSPS) is 24.4. The van der Waals surface area contributed by atoms with Gasteiger partial charge in [0.2, 0.25) is 0 Å². The molecule has 0 radical (unpaired) electrons. The molecule has 1 saturated heterocycles. The number of anilines is 1. The Kier molecular flexibility index (Phi) is 5.16. The molecule has 2 unspecified atom stereocenters. The lowest BCUT2D eigenvalue weighted by molar-refractivity contribution is 0.0316. The van der Waals surface area contributed by atoms with Crippen molar-refractivity contribution in [3.05, 3.63) is 24.0 Å². The lowest BCUT2D eigenvalue weighted by Crippen LogP contribution is -2.41. The molecule has 0 aliphatic carbocycles. The van der Waals surface area contributed by atoms with Crippen molar-refractivity contribution in [2.75, 3.05) is 25.0 Å². The average Bonchev–Trinajstić information content (AvgIpc) is 2.41. The summed E-state index contributed by atoms with van der Waals surface area (Å²) in [6, 6.07) is 4.15. The second-order valence-electron chi connectivity index (χ2n) is 5.53. The van der Waals surface area contributed by atoms with E-state index in [4.69, 9.17) is 0 Å². The van der Waals surface area contributed by atoms with Gasteiger partial charge in [-0.05, 0) is 30.9 Å². The molecular weight excluding hydrogens is 238 g/mol. The highest BCUT2D eigenvalue weighted by Crippen LogP contribution is 2.19. The van der Waals surface area contributed by atoms with Gasteiger partial charge in [-0.2, -0.15) is 0 Å². The van der Waals surface area contributed by atoms with Gasteiger partial charge in [0.1, 0.15) is 0 Å². The summed E-state index contributed by atoms with van der Waals surface area (Å²) in [4.78, 5) is 6.82. The first-order chi connectivity index (χ1) is 9.19. The molecule has 19 heavy (non-hydrogen) atoms. The minimum atomic E-state index is -0.137. The highest BCUT2D eigenvalue weighted by molar-refractivity contribution is 5.43. The molecule has 106 valence electrons. The van der Waals surface area contributed by atoms with Crippen LogP contribution in [0.25, 0.3) is 0 Å². The second kappa shape index (κ2) is 6.87. The Balaban J connectivity index is 1.91. The number of nitrogens with one attached hydrogen (secondary N) is 1. The van der Waals surface area contributed by atoms with Crippen LogP contribution in [0.3, 0.4) is 0 Å². The van der Waals surface area contributed by atoms with Crippen LogP contribution in [0.4, 0.5) is 5.69 Å². The summed E-state index contributed by atoms with van der Waals surface area (Å²) in [7, 11) is 0. The average molecular weight is 263 g/mol. The summed E-state index contributed by atoms with van der Waals surface area (Å²) in [5.74, 6) is 0.357. The van der Waals surface area contributed by atoms with Crippen LogP contribution in [-0.2, 0) is 6.54 Å². The van der Waals surface area contributed by atoms with Crippen molar-refractivity contribution in [2.24, 2.45) is 5.92 Å². The first kappa shape index (κ1) is 14.3. The molecule has 1 aromatic heterocycles. The fraction of sp³-hybridized carbons (Fsp3) is 0.667. The van der Waals surface area contributed by atoms with E-state index in [0.29, 0.717) is 5.92 Å². The van der Waals surface area contributed by atoms with Crippen molar-refractivity contribution in [1.82, 2.24) is 9.88 Å². The summed E-state index contributed by atoms with van der Waals surface area (Å²) in [6.07, 6.45) is 3.73. The van der Waals surface area contributed by atoms with Gasteiger partial charge in [0.05, 0.1) is 11.8 Å². The fourth-order valence-electron chi connectivity index (χ4n) is 2.54. The maximum Gasteiger partial charge on any atom is 0.0590 e. The van der Waals surface area contributed by atoms with Crippen LogP contribution < -0.4 is 5.32 Å². The van der Waals surface area contributed by atoms with Crippen LogP contribution in [0.1, 0.15) is 32.4 Å². The third-order valence-corrected chi connectivity index (χ3v) is 3.73. The monoisotopic (exact) mass is 263 g/mol. The van der Waals surface area contributed by atoms with Crippen molar-refractivity contribution < 1.29 is 5.11 Å². The molecular formula is C15H25N3O. The third-order valence-electron chi connectivity index (χ3n) is 3.73. The van der Waals surface area contributed by atoms with E-state index in [1.807, 2.05) is 12.3 Å². The SMILES string of the molecule is CCCNc1ccnc(CN2CCC(O)C(C)C2)c1. The van der Waals surface area contributed by atoms with Crippen molar-refractivity contribution in [3.63, 3.8) is 0 Å². The van der Waals surface area contributed by atoms with Crippen molar-refractivity contribution in [3.8, 4) is 0 Å². The van der Waals surface area contributed by atoms with Crippen LogP contribution >= 0.6 is 0 Å². The first-order valence-electron chi connectivity index (χ1n) is 7.28. The quantitative estimate of drug-likeness (QED) is 0.854. The first-order valence-corrected chi connectivity index (χ1v) is 7.28. The van der Waals surface area contributed by atoms with Gasteiger partial charge in [0.25, 0.3) is 0 Å². The molecule has 0 bridgehead atoms. The zero-order valence-electron chi connectivity index (χ0n) is 12.0. The fourth-order valence-corrected chi connectivity index (χ4v) is 2.54. The Hall–Kier alpha value is -1.13. The van der Waals surface area contributed by atoms with E-state index >= 15 is 0 Å². The Labute approximate surface area is 115 Å². The molecule has 1 fully saturated rings. The number of pyridine rings is 1. The zero-order valence-corrected chi connectivity index (χ0v) is 12.0. The largest absolute Gasteiger partial charge is 0.393 e. The summed E-state index contributed by atoms with van der Waals surface area (Å²) < 4.78 is 0. The number of likely N-dealkylation sites (tertiary alicyclic amines) is 1. The summed E-state index contributed by atoms with van der Waals surface area (Å²) in [5.41, 5.74) is 2.25. The van der Waals surface area contributed by atoms with E-state index in [0.717, 1.165) is 50.4 Å². The lowest BCUT2D eigenvalue weighted by atomic mass is 9.97. The number of aliphatic hydroxyl groups excluding tert-OH is 1. The molecule has 2 atom stereocenters. The number of aliphatic hydroxyl groups is 1. The minimum Gasteiger partial charge on any atom is -0.393 e. The molecule has 4 nitrogen and oxygen atoms in total. The van der Waals surface area contributed by atoms with E-state index < -0.39 is 0 Å². The van der Waals surface area contributed by atoms with Gasteiger partial charge in [0, 0.05) is 38.1 Å². The van der Waals surface area contributed by atoms with Gasteiger partial charge in [-0.15, -0.1) is 0 Å². The van der Waals surface area contributed by atoms with Gasteiger partial charge in [-0.25, -0.2) is 0 Å². The van der Waals surface area contributed by atoms with Gasteiger partial charge >= 0.3 is 0 Å². The maximum absolute atomic E-state index is 9.75. The number of rotatable bonds is 5. The van der Waals surface area contributed by atoms with Gasteiger partial charge in [0.15, 0.2) is 0 Å². The van der Waals surface area contributed by atoms with E-state index in [1.165, 1.54) is 0 Å². The van der Waals surface area contributed by atoms with Crippen LogP contribution in [0.2, 0.25) is 0 Å². The van der Waals surface area contributed by atoms with Gasteiger partial charge < -0.3 is 10.4 Å². The topological polar surface area (TPSA) is 48.4 Å². The molecule has 1 aromatic rings. The predicted octanol–water partition coefficient (Wildman–Crippen LogP) is 2.11. The standard InChI is InChI=1S/C15H25N3O/c1-3-6-16-13-4-7-17-14(9-13)11-18-8-5-15(19)12(2)10-18/h4,7,9,12,15,19H,3,5-6,8,10-11H2,1-2H3,(H,16,17). The van der Waals surface area contributed by atoms with Crippen molar-refractivity contribution in [2.45, 2.75) is 39.3 Å². The number of hydrogen-bond donors (Lipinski definition) is 2. The highest BCUT2D eigenvalue weighted by atomic mass is 16.3. The second-order valence-corrected chi connectivity index (χ2v) is 5.53. The third kappa shape index (κ3) is 4.18. The lowest BCUT2D eigenvalue weighted by Gasteiger charge is -2.34. The molecule has 0 saturated carbocycles. The molecule has 2 N–H and O–H groups in total. The highest BCUT2D eigenvalue weighted by Gasteiger charge is 2.24. The van der Waals surface area contributed by atoms with E-state index in [-0.39, 0.29) is 6.10 Å². The van der Waals surface area contributed by atoms with Crippen LogP contribution in [-0.4, -0.2) is 40.7 Å². The number of nitrogens with zero attached hydrogens (tertiary/aromatic N) is 2. The molecule has 2 rings (SSSR count). The molecule has 2 heterocycles. The Morgan fingerprint density at radius 2 is 2.37 bits per heavy atom. The number of aromatic nitrogens is 1. The van der Waals surface area contributed by atoms with E-state index in [9.17, 15) is 5.11 Å².